The van der Waals surface area contributed by atoms with Crippen LogP contribution in [0.3, 0.4) is 0 Å². The zero-order chi connectivity index (χ0) is 22.3. The summed E-state index contributed by atoms with van der Waals surface area (Å²) in [7, 11) is 0. The zero-order valence-corrected chi connectivity index (χ0v) is 17.6. The van der Waals surface area contributed by atoms with Gasteiger partial charge in [-0.2, -0.15) is 5.26 Å². The van der Waals surface area contributed by atoms with Crippen molar-refractivity contribution in [3.63, 3.8) is 0 Å². The average Bonchev–Trinajstić information content (AvgIpc) is 3.19. The van der Waals surface area contributed by atoms with Gasteiger partial charge in [-0.05, 0) is 47.4 Å². The second-order valence-electron chi connectivity index (χ2n) is 7.62. The van der Waals surface area contributed by atoms with E-state index in [-0.39, 0.29) is 24.6 Å². The summed E-state index contributed by atoms with van der Waals surface area (Å²) in [5.74, 6) is -0.357. The van der Waals surface area contributed by atoms with Crippen LogP contribution in [0.4, 0.5) is 4.39 Å². The van der Waals surface area contributed by atoms with Crippen LogP contribution in [0.1, 0.15) is 24.0 Å². The molecule has 2 heterocycles. The van der Waals surface area contributed by atoms with Crippen molar-refractivity contribution < 1.29 is 9.18 Å². The lowest BCUT2D eigenvalue weighted by molar-refractivity contribution is -0.131. The summed E-state index contributed by atoms with van der Waals surface area (Å²) in [5.41, 5.74) is 4.56. The highest BCUT2D eigenvalue weighted by Crippen LogP contribution is 2.32. The van der Waals surface area contributed by atoms with E-state index >= 15 is 0 Å². The summed E-state index contributed by atoms with van der Waals surface area (Å²) in [4.78, 5) is 22.3. The molecule has 4 rings (SSSR count). The summed E-state index contributed by atoms with van der Waals surface area (Å²) in [5, 5.41) is 9.79. The van der Waals surface area contributed by atoms with Gasteiger partial charge in [0.15, 0.2) is 0 Å². The maximum absolute atomic E-state index is 14.0. The van der Waals surface area contributed by atoms with Crippen molar-refractivity contribution in [2.24, 2.45) is 0 Å². The highest BCUT2D eigenvalue weighted by Gasteiger charge is 2.18. The second-order valence-corrected chi connectivity index (χ2v) is 7.62. The molecule has 0 aliphatic carbocycles. The molecule has 0 bridgehead atoms. The van der Waals surface area contributed by atoms with Crippen LogP contribution in [0.15, 0.2) is 73.1 Å². The summed E-state index contributed by atoms with van der Waals surface area (Å²) < 4.78 is 14.0. The molecule has 2 aromatic carbocycles. The van der Waals surface area contributed by atoms with E-state index in [9.17, 15) is 9.18 Å². The van der Waals surface area contributed by atoms with Crippen molar-refractivity contribution in [3.05, 3.63) is 90.0 Å². The van der Waals surface area contributed by atoms with E-state index < -0.39 is 0 Å². The number of aromatic nitrogens is 2. The van der Waals surface area contributed by atoms with E-state index in [4.69, 9.17) is 5.26 Å². The number of hydrogen-bond acceptors (Lipinski definition) is 3. The highest BCUT2D eigenvalue weighted by atomic mass is 19.1. The minimum Gasteiger partial charge on any atom is -0.354 e. The van der Waals surface area contributed by atoms with Gasteiger partial charge < -0.3 is 9.88 Å². The number of nitrogens with one attached hydrogen (secondary N) is 1. The standard InChI is InChI=1S/C26H23FN4O/c27-21-9-11-24-23(16-21)22(26(30-24)20-7-2-1-3-8-20)10-12-25(32)31(15-5-13-28)18-19-6-4-14-29-17-19/h1-4,6-9,11,14,16-17,30H,5,10,12,15,18H2. The maximum atomic E-state index is 14.0. The van der Waals surface area contributed by atoms with E-state index in [0.29, 0.717) is 19.5 Å². The van der Waals surface area contributed by atoms with Gasteiger partial charge >= 0.3 is 0 Å². The number of carbonyl (C=O) groups is 1. The van der Waals surface area contributed by atoms with Crippen molar-refractivity contribution in [2.45, 2.75) is 25.8 Å². The zero-order valence-electron chi connectivity index (χ0n) is 17.6. The Bertz CT molecular complexity index is 1250. The van der Waals surface area contributed by atoms with Gasteiger partial charge in [0.2, 0.25) is 5.91 Å². The van der Waals surface area contributed by atoms with Gasteiger partial charge in [0.1, 0.15) is 5.82 Å². The molecule has 32 heavy (non-hydrogen) atoms. The van der Waals surface area contributed by atoms with Crippen LogP contribution < -0.4 is 0 Å². The predicted octanol–water partition coefficient (Wildman–Crippen LogP) is 5.24. The summed E-state index contributed by atoms with van der Waals surface area (Å²) in [6.45, 7) is 0.765. The van der Waals surface area contributed by atoms with Gasteiger partial charge in [-0.3, -0.25) is 9.78 Å². The SMILES string of the molecule is N#CCCN(Cc1cccnc1)C(=O)CCc1c(-c2ccccc2)[nH]c2ccc(F)cc12. The molecule has 1 amide bonds. The van der Waals surface area contributed by atoms with Crippen molar-refractivity contribution in [1.82, 2.24) is 14.9 Å². The van der Waals surface area contributed by atoms with E-state index in [1.54, 1.807) is 23.4 Å². The number of H-pyrrole nitrogens is 1. The van der Waals surface area contributed by atoms with Gasteiger partial charge in [-0.1, -0.05) is 36.4 Å². The third-order valence-corrected chi connectivity index (χ3v) is 5.46. The molecule has 1 N–H and O–H groups in total. The third kappa shape index (κ3) is 4.84. The number of fused-ring (bicyclic) bond motifs is 1. The first-order chi connectivity index (χ1) is 15.7. The molecule has 0 radical (unpaired) electrons. The fraction of sp³-hybridized carbons (Fsp3) is 0.192. The molecule has 0 saturated heterocycles. The predicted molar refractivity (Wildman–Crippen MR) is 122 cm³/mol. The summed E-state index contributed by atoms with van der Waals surface area (Å²) in [6.07, 6.45) is 4.39. The first-order valence-electron chi connectivity index (χ1n) is 10.5. The normalized spacial score (nSPS) is 10.8. The second kappa shape index (κ2) is 9.88. The number of halogens is 1. The van der Waals surface area contributed by atoms with Crippen LogP contribution in [-0.2, 0) is 17.8 Å². The first kappa shape index (κ1) is 21.3. The Balaban J connectivity index is 1.60. The van der Waals surface area contributed by atoms with E-state index in [1.807, 2.05) is 42.5 Å². The van der Waals surface area contributed by atoms with E-state index in [2.05, 4.69) is 16.0 Å². The van der Waals surface area contributed by atoms with Crippen LogP contribution in [0.2, 0.25) is 0 Å². The number of benzene rings is 2. The average molecular weight is 426 g/mol. The van der Waals surface area contributed by atoms with Crippen LogP contribution in [0.25, 0.3) is 22.2 Å². The number of carbonyl (C=O) groups excluding carboxylic acids is 1. The molecule has 0 aliphatic rings. The number of nitriles is 1. The Kier molecular flexibility index (Phi) is 6.57. The fourth-order valence-electron chi connectivity index (χ4n) is 3.91. The van der Waals surface area contributed by atoms with E-state index in [0.717, 1.165) is 33.3 Å². The molecular weight excluding hydrogens is 403 g/mol. The quantitative estimate of drug-likeness (QED) is 0.419. The molecule has 160 valence electrons. The van der Waals surface area contributed by atoms with Crippen LogP contribution in [0.5, 0.6) is 0 Å². The van der Waals surface area contributed by atoms with Gasteiger partial charge in [0.05, 0.1) is 12.5 Å². The lowest BCUT2D eigenvalue weighted by Gasteiger charge is -2.22. The number of hydrogen-bond donors (Lipinski definition) is 1. The van der Waals surface area contributed by atoms with Crippen LogP contribution >= 0.6 is 0 Å². The molecule has 6 heteroatoms. The van der Waals surface area contributed by atoms with Gasteiger partial charge in [-0.25, -0.2) is 4.39 Å². The molecule has 0 unspecified atom stereocenters. The molecular formula is C26H23FN4O. The number of pyridine rings is 1. The third-order valence-electron chi connectivity index (χ3n) is 5.46. The Labute approximate surface area is 186 Å². The minimum atomic E-state index is -0.309. The van der Waals surface area contributed by atoms with Crippen LogP contribution in [-0.4, -0.2) is 27.3 Å². The maximum Gasteiger partial charge on any atom is 0.223 e. The molecule has 0 atom stereocenters. The van der Waals surface area contributed by atoms with Crippen molar-refractivity contribution in [1.29, 1.82) is 5.26 Å². The lowest BCUT2D eigenvalue weighted by atomic mass is 10.0. The Morgan fingerprint density at radius 2 is 1.97 bits per heavy atom. The molecule has 0 fully saturated rings. The van der Waals surface area contributed by atoms with Gasteiger partial charge in [0.25, 0.3) is 0 Å². The molecule has 0 saturated carbocycles. The number of amides is 1. The first-order valence-corrected chi connectivity index (χ1v) is 10.5. The van der Waals surface area contributed by atoms with Crippen molar-refractivity contribution in [2.75, 3.05) is 6.54 Å². The van der Waals surface area contributed by atoms with Crippen molar-refractivity contribution >= 4 is 16.8 Å². The minimum absolute atomic E-state index is 0.0473. The topological polar surface area (TPSA) is 72.8 Å². The fourth-order valence-corrected chi connectivity index (χ4v) is 3.91. The Hall–Kier alpha value is -3.98. The largest absolute Gasteiger partial charge is 0.354 e. The summed E-state index contributed by atoms with van der Waals surface area (Å²) in [6, 6.07) is 20.4. The molecule has 0 spiro atoms. The molecule has 4 aromatic rings. The molecule has 2 aromatic heterocycles. The smallest absolute Gasteiger partial charge is 0.223 e. The van der Waals surface area contributed by atoms with Gasteiger partial charge in [-0.15, -0.1) is 0 Å². The number of aryl methyl sites for hydroxylation is 1. The Morgan fingerprint density at radius 1 is 1.12 bits per heavy atom. The van der Waals surface area contributed by atoms with Crippen LogP contribution in [0, 0.1) is 17.1 Å². The highest BCUT2D eigenvalue weighted by molar-refractivity contribution is 5.91. The van der Waals surface area contributed by atoms with E-state index in [1.165, 1.54) is 12.1 Å². The van der Waals surface area contributed by atoms with Crippen molar-refractivity contribution in [3.8, 4) is 17.3 Å². The lowest BCUT2D eigenvalue weighted by Crippen LogP contribution is -2.31. The van der Waals surface area contributed by atoms with Gasteiger partial charge in [0, 0.05) is 48.5 Å². The molecule has 5 nitrogen and oxygen atoms in total. The monoisotopic (exact) mass is 426 g/mol. The summed E-state index contributed by atoms with van der Waals surface area (Å²) >= 11 is 0. The molecule has 0 aliphatic heterocycles. The Morgan fingerprint density at radius 3 is 2.72 bits per heavy atom. The number of aromatic amines is 1. The number of nitrogens with zero attached hydrogens (tertiary/aromatic N) is 3. The number of rotatable bonds is 8.